The molecule has 0 saturated heterocycles. The van der Waals surface area contributed by atoms with Gasteiger partial charge in [-0.15, -0.1) is 0 Å². The van der Waals surface area contributed by atoms with Gasteiger partial charge in [-0.1, -0.05) is 31.9 Å². The van der Waals surface area contributed by atoms with E-state index in [1.165, 1.54) is 0 Å². The summed E-state index contributed by atoms with van der Waals surface area (Å²) in [4.78, 5) is 0. The normalized spacial score (nSPS) is 15.7. The Labute approximate surface area is 74.9 Å². The molecule has 0 bridgehead atoms. The Morgan fingerprint density at radius 1 is 1.42 bits per heavy atom. The third kappa shape index (κ3) is 5.33. The molecule has 0 heterocycles. The lowest BCUT2D eigenvalue weighted by molar-refractivity contribution is 0.0913. The fourth-order valence-electron chi connectivity index (χ4n) is 1.02. The molecule has 12 heavy (non-hydrogen) atoms. The van der Waals surface area contributed by atoms with Crippen LogP contribution in [0.3, 0.4) is 0 Å². The Balaban J connectivity index is 3.53. The van der Waals surface area contributed by atoms with Gasteiger partial charge in [0.1, 0.15) is 0 Å². The van der Waals surface area contributed by atoms with Crippen molar-refractivity contribution in [2.24, 2.45) is 0 Å². The molecule has 0 rings (SSSR count). The summed E-state index contributed by atoms with van der Waals surface area (Å²) < 4.78 is 0. The number of rotatable bonds is 6. The van der Waals surface area contributed by atoms with Crippen molar-refractivity contribution in [3.8, 4) is 0 Å². The molecule has 0 fully saturated rings. The second-order valence-corrected chi connectivity index (χ2v) is 3.39. The van der Waals surface area contributed by atoms with Gasteiger partial charge in [0.2, 0.25) is 0 Å². The Kier molecular flexibility index (Phi) is 6.03. The van der Waals surface area contributed by atoms with Gasteiger partial charge in [0.05, 0.1) is 12.2 Å². The molecule has 0 spiro atoms. The summed E-state index contributed by atoms with van der Waals surface area (Å²) in [5, 5.41) is 18.7. The van der Waals surface area contributed by atoms with E-state index in [4.69, 9.17) is 0 Å². The number of hydrogen-bond donors (Lipinski definition) is 2. The third-order valence-electron chi connectivity index (χ3n) is 1.96. The van der Waals surface area contributed by atoms with Crippen LogP contribution < -0.4 is 0 Å². The first kappa shape index (κ1) is 11.7. The Morgan fingerprint density at radius 3 is 2.42 bits per heavy atom. The highest BCUT2D eigenvalue weighted by atomic mass is 16.3. The molecule has 2 atom stereocenters. The predicted octanol–water partition coefficient (Wildman–Crippen LogP) is 1.86. The molecular formula is C10H20O2. The van der Waals surface area contributed by atoms with E-state index in [0.717, 1.165) is 24.8 Å². The van der Waals surface area contributed by atoms with Crippen LogP contribution in [0.15, 0.2) is 12.2 Å². The van der Waals surface area contributed by atoms with Crippen molar-refractivity contribution in [2.75, 3.05) is 0 Å². The molecule has 0 aromatic heterocycles. The van der Waals surface area contributed by atoms with E-state index in [1.807, 2.05) is 0 Å². The van der Waals surface area contributed by atoms with Gasteiger partial charge >= 0.3 is 0 Å². The topological polar surface area (TPSA) is 40.5 Å². The first-order chi connectivity index (χ1) is 5.57. The molecule has 0 aromatic rings. The largest absolute Gasteiger partial charge is 0.393 e. The monoisotopic (exact) mass is 172 g/mol. The lowest BCUT2D eigenvalue weighted by Gasteiger charge is -2.14. The highest BCUT2D eigenvalue weighted by Gasteiger charge is 2.11. The summed E-state index contributed by atoms with van der Waals surface area (Å²) in [7, 11) is 0. The van der Waals surface area contributed by atoms with E-state index >= 15 is 0 Å². The molecule has 0 aliphatic carbocycles. The van der Waals surface area contributed by atoms with E-state index in [9.17, 15) is 10.2 Å². The van der Waals surface area contributed by atoms with Crippen molar-refractivity contribution in [1.29, 1.82) is 0 Å². The van der Waals surface area contributed by atoms with Gasteiger partial charge < -0.3 is 10.2 Å². The van der Waals surface area contributed by atoms with E-state index < -0.39 is 6.10 Å². The zero-order valence-electron chi connectivity index (χ0n) is 8.08. The minimum atomic E-state index is -0.545. The van der Waals surface area contributed by atoms with Crippen molar-refractivity contribution in [2.45, 2.75) is 51.7 Å². The van der Waals surface area contributed by atoms with Gasteiger partial charge in [-0.3, -0.25) is 0 Å². The maximum absolute atomic E-state index is 9.40. The zero-order valence-corrected chi connectivity index (χ0v) is 8.08. The van der Waals surface area contributed by atoms with E-state index in [1.54, 1.807) is 6.92 Å². The van der Waals surface area contributed by atoms with Gasteiger partial charge in [-0.25, -0.2) is 0 Å². The number of unbranched alkanes of at least 4 members (excludes halogenated alkanes) is 1. The molecule has 0 saturated carbocycles. The molecule has 2 unspecified atom stereocenters. The highest BCUT2D eigenvalue weighted by molar-refractivity contribution is 4.97. The molecule has 0 aliphatic heterocycles. The average molecular weight is 172 g/mol. The van der Waals surface area contributed by atoms with Crippen molar-refractivity contribution in [1.82, 2.24) is 0 Å². The van der Waals surface area contributed by atoms with Crippen LogP contribution in [0.4, 0.5) is 0 Å². The Bertz CT molecular complexity index is 132. The van der Waals surface area contributed by atoms with E-state index in [2.05, 4.69) is 13.5 Å². The fourth-order valence-corrected chi connectivity index (χ4v) is 1.02. The van der Waals surface area contributed by atoms with Crippen LogP contribution in [0.2, 0.25) is 0 Å². The summed E-state index contributed by atoms with van der Waals surface area (Å²) in [5.41, 5.74) is 0.727. The number of aliphatic hydroxyl groups is 2. The molecule has 0 radical (unpaired) electrons. The second kappa shape index (κ2) is 6.21. The van der Waals surface area contributed by atoms with Crippen LogP contribution >= 0.6 is 0 Å². The maximum atomic E-state index is 9.40. The molecule has 0 aliphatic rings. The van der Waals surface area contributed by atoms with Gasteiger partial charge in [-0.05, 0) is 13.3 Å². The molecule has 0 aromatic carbocycles. The smallest absolute Gasteiger partial charge is 0.0769 e. The SMILES string of the molecule is C=C(C)C(O)CC(O)CCCC. The minimum absolute atomic E-state index is 0.378. The first-order valence-corrected chi connectivity index (χ1v) is 4.59. The van der Waals surface area contributed by atoms with E-state index in [0.29, 0.717) is 6.42 Å². The Hall–Kier alpha value is -0.340. The summed E-state index contributed by atoms with van der Waals surface area (Å²) in [6.07, 6.45) is 2.38. The average Bonchev–Trinajstić information content (AvgIpc) is 2.00. The lowest BCUT2D eigenvalue weighted by atomic mass is 10.0. The maximum Gasteiger partial charge on any atom is 0.0769 e. The van der Waals surface area contributed by atoms with Crippen LogP contribution in [0.5, 0.6) is 0 Å². The number of hydrogen-bond acceptors (Lipinski definition) is 2. The third-order valence-corrected chi connectivity index (χ3v) is 1.96. The molecule has 0 amide bonds. The summed E-state index contributed by atoms with van der Waals surface area (Å²) in [6, 6.07) is 0. The van der Waals surface area contributed by atoms with Crippen molar-refractivity contribution in [3.05, 3.63) is 12.2 Å². The standard InChI is InChI=1S/C10H20O2/c1-4-5-6-9(11)7-10(12)8(2)3/h9-12H,2,4-7H2,1,3H3. The molecule has 2 nitrogen and oxygen atoms in total. The van der Waals surface area contributed by atoms with E-state index in [-0.39, 0.29) is 6.10 Å². The summed E-state index contributed by atoms with van der Waals surface area (Å²) in [5.74, 6) is 0. The van der Waals surface area contributed by atoms with Crippen molar-refractivity contribution < 1.29 is 10.2 Å². The second-order valence-electron chi connectivity index (χ2n) is 3.39. The lowest BCUT2D eigenvalue weighted by Crippen LogP contribution is -2.18. The van der Waals surface area contributed by atoms with Crippen molar-refractivity contribution in [3.63, 3.8) is 0 Å². The predicted molar refractivity (Wildman–Crippen MR) is 51.0 cm³/mol. The Morgan fingerprint density at radius 2 is 2.00 bits per heavy atom. The summed E-state index contributed by atoms with van der Waals surface area (Å²) in [6.45, 7) is 7.49. The van der Waals surface area contributed by atoms with Gasteiger partial charge in [0, 0.05) is 6.42 Å². The van der Waals surface area contributed by atoms with Gasteiger partial charge in [0.15, 0.2) is 0 Å². The molecular weight excluding hydrogens is 152 g/mol. The van der Waals surface area contributed by atoms with Crippen LogP contribution in [-0.4, -0.2) is 22.4 Å². The molecule has 72 valence electrons. The number of aliphatic hydroxyl groups excluding tert-OH is 2. The van der Waals surface area contributed by atoms with Crippen LogP contribution in [0.1, 0.15) is 39.5 Å². The van der Waals surface area contributed by atoms with Crippen molar-refractivity contribution >= 4 is 0 Å². The van der Waals surface area contributed by atoms with Crippen LogP contribution in [0, 0.1) is 0 Å². The quantitative estimate of drug-likeness (QED) is 0.600. The van der Waals surface area contributed by atoms with Gasteiger partial charge in [0.25, 0.3) is 0 Å². The van der Waals surface area contributed by atoms with Crippen LogP contribution in [-0.2, 0) is 0 Å². The fraction of sp³-hybridized carbons (Fsp3) is 0.800. The highest BCUT2D eigenvalue weighted by Crippen LogP contribution is 2.10. The molecule has 2 heteroatoms. The summed E-state index contributed by atoms with van der Waals surface area (Å²) >= 11 is 0. The zero-order chi connectivity index (χ0) is 9.56. The van der Waals surface area contributed by atoms with Crippen LogP contribution in [0.25, 0.3) is 0 Å². The molecule has 2 N–H and O–H groups in total. The van der Waals surface area contributed by atoms with Gasteiger partial charge in [-0.2, -0.15) is 0 Å². The minimum Gasteiger partial charge on any atom is -0.393 e. The first-order valence-electron chi connectivity index (χ1n) is 4.59.